The third-order valence-electron chi connectivity index (χ3n) is 5.78. The molecule has 0 saturated heterocycles. The molecule has 4 aromatic rings. The molecule has 4 rings (SSSR count). The largest absolute Gasteiger partial charge is 0.346 e. The highest BCUT2D eigenvalue weighted by Gasteiger charge is 2.26. The fourth-order valence-corrected chi connectivity index (χ4v) is 5.51. The van der Waals surface area contributed by atoms with Crippen LogP contribution in [0.1, 0.15) is 48.8 Å². The van der Waals surface area contributed by atoms with E-state index in [1.807, 2.05) is 54.8 Å². The van der Waals surface area contributed by atoms with E-state index >= 15 is 0 Å². The van der Waals surface area contributed by atoms with E-state index in [0.29, 0.717) is 45.3 Å². The number of thioether (sulfide) groups is 1. The molecular formula is C29H30Cl2N4OS. The van der Waals surface area contributed by atoms with E-state index in [1.165, 1.54) is 11.1 Å². The first-order chi connectivity index (χ1) is 17.8. The fourth-order valence-electron chi connectivity index (χ4n) is 4.12. The van der Waals surface area contributed by atoms with Gasteiger partial charge in [-0.25, -0.2) is 0 Å². The number of aryl methyl sites for hydroxylation is 1. The second-order valence-electron chi connectivity index (χ2n) is 9.46. The molecule has 0 aliphatic rings. The molecule has 0 spiro atoms. The lowest BCUT2D eigenvalue weighted by Gasteiger charge is -2.21. The Kier molecular flexibility index (Phi) is 9.30. The van der Waals surface area contributed by atoms with Gasteiger partial charge in [0.2, 0.25) is 5.91 Å². The molecule has 37 heavy (non-hydrogen) atoms. The second-order valence-corrected chi connectivity index (χ2v) is 11.2. The highest BCUT2D eigenvalue weighted by molar-refractivity contribution is 7.98. The first-order valence-corrected chi connectivity index (χ1v) is 14.0. The Bertz CT molecular complexity index is 1360. The van der Waals surface area contributed by atoms with Crippen LogP contribution in [0.25, 0.3) is 5.69 Å². The lowest BCUT2D eigenvalue weighted by Crippen LogP contribution is -2.32. The van der Waals surface area contributed by atoms with Gasteiger partial charge in [0.15, 0.2) is 11.0 Å². The lowest BCUT2D eigenvalue weighted by molar-refractivity contribution is -0.122. The third-order valence-corrected chi connectivity index (χ3v) is 7.32. The predicted octanol–water partition coefficient (Wildman–Crippen LogP) is 7.62. The maximum atomic E-state index is 12.9. The maximum absolute atomic E-state index is 12.9. The minimum Gasteiger partial charge on any atom is -0.346 e. The van der Waals surface area contributed by atoms with Crippen molar-refractivity contribution in [1.82, 2.24) is 20.1 Å². The van der Waals surface area contributed by atoms with Crippen molar-refractivity contribution in [2.24, 2.45) is 5.92 Å². The fraction of sp³-hybridized carbons (Fsp3) is 0.276. The Labute approximate surface area is 232 Å². The van der Waals surface area contributed by atoms with Crippen LogP contribution >= 0.6 is 35.0 Å². The highest BCUT2D eigenvalue weighted by atomic mass is 35.5. The molecule has 8 heteroatoms. The first-order valence-electron chi connectivity index (χ1n) is 12.2. The Morgan fingerprint density at radius 3 is 2.43 bits per heavy atom. The molecule has 1 heterocycles. The van der Waals surface area contributed by atoms with E-state index in [1.54, 1.807) is 23.9 Å². The molecule has 1 aromatic heterocycles. The van der Waals surface area contributed by atoms with Crippen molar-refractivity contribution in [2.75, 3.05) is 0 Å². The Hall–Kier alpha value is -2.80. The van der Waals surface area contributed by atoms with E-state index in [-0.39, 0.29) is 11.8 Å². The van der Waals surface area contributed by atoms with Crippen LogP contribution in [0.3, 0.4) is 0 Å². The zero-order valence-corrected chi connectivity index (χ0v) is 23.4. The minimum absolute atomic E-state index is 0.0263. The molecule has 1 atom stereocenters. The topological polar surface area (TPSA) is 59.8 Å². The van der Waals surface area contributed by atoms with Crippen LogP contribution in [0.4, 0.5) is 0 Å². The molecular weight excluding hydrogens is 523 g/mol. The van der Waals surface area contributed by atoms with Crippen molar-refractivity contribution in [3.8, 4) is 5.69 Å². The number of halogens is 2. The number of hydrogen-bond acceptors (Lipinski definition) is 4. The molecule has 1 unspecified atom stereocenters. The van der Waals surface area contributed by atoms with Gasteiger partial charge in [-0.3, -0.25) is 9.36 Å². The molecule has 0 aliphatic carbocycles. The van der Waals surface area contributed by atoms with Crippen molar-refractivity contribution in [3.05, 3.63) is 105 Å². The van der Waals surface area contributed by atoms with Crippen LogP contribution in [-0.4, -0.2) is 20.7 Å². The summed E-state index contributed by atoms with van der Waals surface area (Å²) < 4.78 is 1.95. The van der Waals surface area contributed by atoms with Gasteiger partial charge in [0.25, 0.3) is 0 Å². The summed E-state index contributed by atoms with van der Waals surface area (Å²) in [5.41, 5.74) is 4.20. The third kappa shape index (κ3) is 7.37. The molecule has 192 valence electrons. The summed E-state index contributed by atoms with van der Waals surface area (Å²) in [6.07, 6.45) is 0.993. The summed E-state index contributed by atoms with van der Waals surface area (Å²) in [6.45, 7) is 6.14. The average molecular weight is 554 g/mol. The number of carbonyl (C=O) groups is 1. The van der Waals surface area contributed by atoms with Gasteiger partial charge in [0.05, 0.1) is 16.8 Å². The molecule has 0 bridgehead atoms. The number of aromatic nitrogens is 3. The molecule has 0 saturated carbocycles. The monoisotopic (exact) mass is 552 g/mol. The number of amides is 1. The molecule has 1 N–H and O–H groups in total. The molecule has 0 aliphatic heterocycles. The van der Waals surface area contributed by atoms with Crippen LogP contribution < -0.4 is 5.32 Å². The Morgan fingerprint density at radius 1 is 0.973 bits per heavy atom. The van der Waals surface area contributed by atoms with Crippen molar-refractivity contribution < 1.29 is 4.79 Å². The van der Waals surface area contributed by atoms with Gasteiger partial charge in [0, 0.05) is 17.2 Å². The van der Waals surface area contributed by atoms with Gasteiger partial charge in [-0.05, 0) is 48.6 Å². The Balaban J connectivity index is 1.76. The van der Waals surface area contributed by atoms with E-state index < -0.39 is 6.04 Å². The molecule has 0 fully saturated rings. The van der Waals surface area contributed by atoms with Gasteiger partial charge in [0.1, 0.15) is 0 Å². The van der Waals surface area contributed by atoms with Crippen LogP contribution in [0.2, 0.25) is 10.0 Å². The van der Waals surface area contributed by atoms with E-state index in [9.17, 15) is 4.79 Å². The molecule has 0 radical (unpaired) electrons. The quantitative estimate of drug-likeness (QED) is 0.205. The van der Waals surface area contributed by atoms with Crippen molar-refractivity contribution in [1.29, 1.82) is 0 Å². The second kappa shape index (κ2) is 12.6. The SMILES string of the molecule is Cc1cccc(CSc2nnc(C(Cc3ccccc3)NC(=O)CC(C)C)n2-c2ccc(Cl)cc2Cl)c1. The van der Waals surface area contributed by atoms with Gasteiger partial charge in [-0.15, -0.1) is 10.2 Å². The lowest BCUT2D eigenvalue weighted by atomic mass is 10.0. The van der Waals surface area contributed by atoms with Crippen molar-refractivity contribution >= 4 is 40.9 Å². The van der Waals surface area contributed by atoms with Gasteiger partial charge in [-0.2, -0.15) is 0 Å². The summed E-state index contributed by atoms with van der Waals surface area (Å²) in [5.74, 6) is 1.55. The number of rotatable bonds is 10. The van der Waals surface area contributed by atoms with Crippen LogP contribution in [0.15, 0.2) is 78.0 Å². The number of nitrogens with one attached hydrogen (secondary N) is 1. The van der Waals surface area contributed by atoms with Crippen LogP contribution in [0.5, 0.6) is 0 Å². The smallest absolute Gasteiger partial charge is 0.220 e. The first kappa shape index (κ1) is 27.2. The molecule has 5 nitrogen and oxygen atoms in total. The zero-order chi connectivity index (χ0) is 26.4. The van der Waals surface area contributed by atoms with Gasteiger partial charge < -0.3 is 5.32 Å². The normalized spacial score (nSPS) is 12.1. The van der Waals surface area contributed by atoms with Crippen molar-refractivity contribution in [3.63, 3.8) is 0 Å². The molecule has 3 aromatic carbocycles. The summed E-state index contributed by atoms with van der Waals surface area (Å²) in [6, 6.07) is 23.4. The van der Waals surface area contributed by atoms with Crippen LogP contribution in [-0.2, 0) is 17.0 Å². The van der Waals surface area contributed by atoms with E-state index in [0.717, 1.165) is 5.56 Å². The summed E-state index contributed by atoms with van der Waals surface area (Å²) >= 11 is 14.5. The molecule has 1 amide bonds. The summed E-state index contributed by atoms with van der Waals surface area (Å²) in [7, 11) is 0. The highest BCUT2D eigenvalue weighted by Crippen LogP contribution is 2.33. The summed E-state index contributed by atoms with van der Waals surface area (Å²) in [4.78, 5) is 12.9. The number of nitrogens with zero attached hydrogens (tertiary/aromatic N) is 3. The van der Waals surface area contributed by atoms with Crippen LogP contribution in [0, 0.1) is 12.8 Å². The zero-order valence-electron chi connectivity index (χ0n) is 21.1. The standard InChI is InChI=1S/C29H30Cl2N4OS/c1-19(2)14-27(36)32-25(16-21-9-5-4-6-10-21)28-33-34-29(37-18-22-11-7-8-20(3)15-22)35(28)26-13-12-23(30)17-24(26)31/h4-13,15,17,19,25H,14,16,18H2,1-3H3,(H,32,36). The van der Waals surface area contributed by atoms with Crippen molar-refractivity contribution in [2.45, 2.75) is 50.6 Å². The summed E-state index contributed by atoms with van der Waals surface area (Å²) in [5, 5.41) is 14.1. The predicted molar refractivity (Wildman–Crippen MR) is 153 cm³/mol. The number of carbonyl (C=O) groups excluding carboxylic acids is 1. The van der Waals surface area contributed by atoms with E-state index in [4.69, 9.17) is 23.2 Å². The minimum atomic E-state index is -0.402. The number of benzene rings is 3. The average Bonchev–Trinajstić information content (AvgIpc) is 3.26. The Morgan fingerprint density at radius 2 is 1.73 bits per heavy atom. The number of hydrogen-bond donors (Lipinski definition) is 1. The maximum Gasteiger partial charge on any atom is 0.220 e. The van der Waals surface area contributed by atoms with Gasteiger partial charge in [-0.1, -0.05) is 109 Å². The van der Waals surface area contributed by atoms with Gasteiger partial charge >= 0.3 is 0 Å². The van der Waals surface area contributed by atoms with E-state index in [2.05, 4.69) is 46.7 Å².